The predicted octanol–water partition coefficient (Wildman–Crippen LogP) is 4.30. The summed E-state index contributed by atoms with van der Waals surface area (Å²) in [5, 5.41) is 0. The van der Waals surface area contributed by atoms with Crippen LogP contribution in [-0.4, -0.2) is 17.3 Å². The molecular weight excluding hydrogens is 204 g/mol. The number of rotatable bonds is 9. The van der Waals surface area contributed by atoms with Gasteiger partial charge in [0.1, 0.15) is 6.29 Å². The van der Waals surface area contributed by atoms with E-state index in [1.807, 2.05) is 11.8 Å². The van der Waals surface area contributed by atoms with Crippen LogP contribution in [0.25, 0.3) is 0 Å². The molecule has 0 aliphatic heterocycles. The Bertz CT molecular complexity index is 156. The van der Waals surface area contributed by atoms with Gasteiger partial charge in [-0.2, -0.15) is 11.8 Å². The van der Waals surface area contributed by atoms with Crippen molar-refractivity contribution in [2.45, 2.75) is 64.0 Å². The lowest BCUT2D eigenvalue weighted by Gasteiger charge is -2.30. The third-order valence-electron chi connectivity index (χ3n) is 3.55. The van der Waals surface area contributed by atoms with Crippen molar-refractivity contribution in [2.75, 3.05) is 6.26 Å². The molecule has 0 saturated carbocycles. The van der Waals surface area contributed by atoms with Crippen LogP contribution < -0.4 is 0 Å². The normalized spacial score (nSPS) is 13.9. The minimum absolute atomic E-state index is 0.487. The number of thioether (sulfide) groups is 1. The van der Waals surface area contributed by atoms with Gasteiger partial charge in [0.25, 0.3) is 0 Å². The van der Waals surface area contributed by atoms with Gasteiger partial charge in [-0.3, -0.25) is 0 Å². The van der Waals surface area contributed by atoms with E-state index in [2.05, 4.69) is 27.0 Å². The maximum absolute atomic E-state index is 10.3. The van der Waals surface area contributed by atoms with Crippen molar-refractivity contribution in [3.63, 3.8) is 0 Å². The van der Waals surface area contributed by atoms with Crippen molar-refractivity contribution in [2.24, 2.45) is 5.92 Å². The molecule has 0 bridgehead atoms. The first kappa shape index (κ1) is 15.0. The SMILES string of the molecule is CCC(CC)(CCCC(C)CC=O)SC. The summed E-state index contributed by atoms with van der Waals surface area (Å²) in [5.41, 5.74) is 0. The Kier molecular flexibility index (Phi) is 8.22. The molecule has 0 aliphatic carbocycles. The minimum Gasteiger partial charge on any atom is -0.303 e. The topological polar surface area (TPSA) is 17.1 Å². The van der Waals surface area contributed by atoms with E-state index in [-0.39, 0.29) is 0 Å². The molecule has 1 unspecified atom stereocenters. The molecule has 0 heterocycles. The average molecular weight is 230 g/mol. The Morgan fingerprint density at radius 3 is 2.33 bits per heavy atom. The van der Waals surface area contributed by atoms with Gasteiger partial charge in [0.2, 0.25) is 0 Å². The highest BCUT2D eigenvalue weighted by Crippen LogP contribution is 2.36. The van der Waals surface area contributed by atoms with Gasteiger partial charge >= 0.3 is 0 Å². The Labute approximate surface area is 99.4 Å². The Morgan fingerprint density at radius 2 is 1.93 bits per heavy atom. The molecule has 0 amide bonds. The zero-order chi connectivity index (χ0) is 11.7. The van der Waals surface area contributed by atoms with Crippen LogP contribution in [0.15, 0.2) is 0 Å². The molecule has 0 aromatic carbocycles. The van der Waals surface area contributed by atoms with E-state index in [1.165, 1.54) is 32.1 Å². The lowest BCUT2D eigenvalue weighted by molar-refractivity contribution is -0.108. The van der Waals surface area contributed by atoms with E-state index in [0.29, 0.717) is 10.7 Å². The highest BCUT2D eigenvalue weighted by atomic mass is 32.2. The lowest BCUT2D eigenvalue weighted by atomic mass is 9.92. The number of carbonyl (C=O) groups is 1. The summed E-state index contributed by atoms with van der Waals surface area (Å²) in [4.78, 5) is 10.3. The molecule has 0 fully saturated rings. The molecule has 1 nitrogen and oxygen atoms in total. The van der Waals surface area contributed by atoms with Gasteiger partial charge in [-0.15, -0.1) is 0 Å². The standard InChI is InChI=1S/C13H26OS/c1-5-13(6-2,15-4)10-7-8-12(3)9-11-14/h11-12H,5-10H2,1-4H3. The van der Waals surface area contributed by atoms with E-state index in [9.17, 15) is 4.79 Å². The number of carbonyl (C=O) groups excluding carboxylic acids is 1. The average Bonchev–Trinajstić information content (AvgIpc) is 2.25. The Morgan fingerprint density at radius 1 is 1.33 bits per heavy atom. The summed E-state index contributed by atoms with van der Waals surface area (Å²) in [6.45, 7) is 6.75. The third kappa shape index (κ3) is 5.60. The van der Waals surface area contributed by atoms with Crippen LogP contribution in [-0.2, 0) is 4.79 Å². The minimum atomic E-state index is 0.487. The molecule has 0 spiro atoms. The number of hydrogen-bond acceptors (Lipinski definition) is 2. The smallest absolute Gasteiger partial charge is 0.120 e. The fraction of sp³-hybridized carbons (Fsp3) is 0.923. The van der Waals surface area contributed by atoms with E-state index >= 15 is 0 Å². The van der Waals surface area contributed by atoms with Crippen LogP contribution >= 0.6 is 11.8 Å². The molecule has 0 aromatic rings. The Balaban J connectivity index is 3.85. The van der Waals surface area contributed by atoms with Gasteiger partial charge in [-0.05, 0) is 31.4 Å². The third-order valence-corrected chi connectivity index (χ3v) is 5.20. The number of aldehydes is 1. The van der Waals surface area contributed by atoms with Crippen molar-refractivity contribution in [1.29, 1.82) is 0 Å². The van der Waals surface area contributed by atoms with Crippen molar-refractivity contribution in [1.82, 2.24) is 0 Å². The van der Waals surface area contributed by atoms with Crippen LogP contribution in [0.1, 0.15) is 59.3 Å². The van der Waals surface area contributed by atoms with Crippen molar-refractivity contribution in [3.05, 3.63) is 0 Å². The number of hydrogen-bond donors (Lipinski definition) is 0. The fourth-order valence-corrected chi connectivity index (χ4v) is 2.97. The van der Waals surface area contributed by atoms with Crippen LogP contribution in [0.3, 0.4) is 0 Å². The molecule has 15 heavy (non-hydrogen) atoms. The molecule has 0 rings (SSSR count). The maximum atomic E-state index is 10.3. The lowest BCUT2D eigenvalue weighted by Crippen LogP contribution is -2.22. The van der Waals surface area contributed by atoms with Gasteiger partial charge in [0, 0.05) is 11.2 Å². The van der Waals surface area contributed by atoms with Crippen LogP contribution in [0, 0.1) is 5.92 Å². The van der Waals surface area contributed by atoms with E-state index in [4.69, 9.17) is 0 Å². The van der Waals surface area contributed by atoms with Gasteiger partial charge in [-0.1, -0.05) is 33.6 Å². The van der Waals surface area contributed by atoms with Gasteiger partial charge < -0.3 is 4.79 Å². The summed E-state index contributed by atoms with van der Waals surface area (Å²) in [7, 11) is 0. The molecule has 0 aliphatic rings. The van der Waals surface area contributed by atoms with Crippen molar-refractivity contribution >= 4 is 18.0 Å². The molecule has 0 aromatic heterocycles. The van der Waals surface area contributed by atoms with Crippen LogP contribution in [0.4, 0.5) is 0 Å². The van der Waals surface area contributed by atoms with Crippen LogP contribution in [0.5, 0.6) is 0 Å². The fourth-order valence-electron chi connectivity index (χ4n) is 2.05. The molecule has 0 N–H and O–H groups in total. The monoisotopic (exact) mass is 230 g/mol. The predicted molar refractivity (Wildman–Crippen MR) is 70.5 cm³/mol. The zero-order valence-electron chi connectivity index (χ0n) is 10.7. The van der Waals surface area contributed by atoms with Gasteiger partial charge in [0.15, 0.2) is 0 Å². The summed E-state index contributed by atoms with van der Waals surface area (Å²) >= 11 is 2.01. The first-order chi connectivity index (χ1) is 7.14. The molecule has 0 saturated heterocycles. The molecule has 90 valence electrons. The van der Waals surface area contributed by atoms with E-state index < -0.39 is 0 Å². The Hall–Kier alpha value is 0.0200. The maximum Gasteiger partial charge on any atom is 0.120 e. The van der Waals surface area contributed by atoms with E-state index in [0.717, 1.165) is 12.7 Å². The summed E-state index contributed by atoms with van der Waals surface area (Å²) in [6, 6.07) is 0. The summed E-state index contributed by atoms with van der Waals surface area (Å²) < 4.78 is 0.487. The highest BCUT2D eigenvalue weighted by Gasteiger charge is 2.24. The molecule has 1 atom stereocenters. The second-order valence-electron chi connectivity index (χ2n) is 4.49. The van der Waals surface area contributed by atoms with Gasteiger partial charge in [0.05, 0.1) is 0 Å². The highest BCUT2D eigenvalue weighted by molar-refractivity contribution is 8.00. The van der Waals surface area contributed by atoms with Gasteiger partial charge in [-0.25, -0.2) is 0 Å². The van der Waals surface area contributed by atoms with E-state index in [1.54, 1.807) is 0 Å². The first-order valence-corrected chi connectivity index (χ1v) is 7.35. The van der Waals surface area contributed by atoms with Crippen molar-refractivity contribution in [3.8, 4) is 0 Å². The largest absolute Gasteiger partial charge is 0.303 e. The quantitative estimate of drug-likeness (QED) is 0.549. The summed E-state index contributed by atoms with van der Waals surface area (Å²) in [6.07, 6.45) is 10.3. The zero-order valence-corrected chi connectivity index (χ0v) is 11.5. The van der Waals surface area contributed by atoms with Crippen LogP contribution in [0.2, 0.25) is 0 Å². The van der Waals surface area contributed by atoms with Crippen molar-refractivity contribution < 1.29 is 4.79 Å². The molecule has 2 heteroatoms. The second kappa shape index (κ2) is 8.20. The summed E-state index contributed by atoms with van der Waals surface area (Å²) in [5.74, 6) is 0.566. The molecule has 0 radical (unpaired) electrons. The second-order valence-corrected chi connectivity index (χ2v) is 5.77. The first-order valence-electron chi connectivity index (χ1n) is 6.13. The molecular formula is C13H26OS.